The van der Waals surface area contributed by atoms with Gasteiger partial charge in [-0.25, -0.2) is 14.4 Å². The Morgan fingerprint density at radius 2 is 1.06 bits per heavy atom. The molecule has 2 aliphatic carbocycles. The Labute approximate surface area is 301 Å². The van der Waals surface area contributed by atoms with Gasteiger partial charge >= 0.3 is 17.9 Å². The van der Waals surface area contributed by atoms with Crippen LogP contribution in [0.15, 0.2) is 49.1 Å². The van der Waals surface area contributed by atoms with Crippen LogP contribution in [0.4, 0.5) is 0 Å². The highest BCUT2D eigenvalue weighted by molar-refractivity contribution is 5.87. The molecule has 0 spiro atoms. The van der Waals surface area contributed by atoms with Crippen molar-refractivity contribution in [2.45, 2.75) is 177 Å². The highest BCUT2D eigenvalue weighted by Gasteiger charge is 2.62. The van der Waals surface area contributed by atoms with E-state index in [1.165, 1.54) is 115 Å². The predicted molar refractivity (Wildman–Crippen MR) is 205 cm³/mol. The van der Waals surface area contributed by atoms with Gasteiger partial charge in [0.1, 0.15) is 12.7 Å². The molecule has 0 saturated heterocycles. The van der Waals surface area contributed by atoms with Gasteiger partial charge in [0.15, 0.2) is 0 Å². The summed E-state index contributed by atoms with van der Waals surface area (Å²) in [6.45, 7) is 29.0. The van der Waals surface area contributed by atoms with Gasteiger partial charge in [0.2, 0.25) is 0 Å². The third kappa shape index (κ3) is 18.8. The number of hydrogen-bond acceptors (Lipinski definition) is 6. The number of carbonyl (C=O) groups excluding carboxylic acids is 3. The number of hydrogen-bond donors (Lipinski definition) is 0. The first-order valence-corrected chi connectivity index (χ1v) is 19.3. The molecule has 3 unspecified atom stereocenters. The standard InChI is InChI=1S/C22H42O2.C14H22O2.C7H10O2/c1-4-5-6-7-8-9-10-11-12-13-14-15-16-17-18-19-20-24-22(23)21(2)3;1-9(2)12(15)16-11-8-10-6-7-14(11,5)13(10,3)4;1-4-5-9-7(8)6(2)3/h2,4-20H2,1,3H3;10-11H,1,6-8H2,2-5H3;4H,1-2,5H2,3H3. The molecule has 2 fully saturated rings. The molecule has 282 valence electrons. The van der Waals surface area contributed by atoms with Crippen molar-refractivity contribution in [1.82, 2.24) is 0 Å². The van der Waals surface area contributed by atoms with Crippen molar-refractivity contribution in [1.29, 1.82) is 0 Å². The molecule has 0 N–H and O–H groups in total. The third-order valence-electron chi connectivity index (χ3n) is 10.6. The topological polar surface area (TPSA) is 78.9 Å². The lowest BCUT2D eigenvalue weighted by molar-refractivity contribution is -0.152. The summed E-state index contributed by atoms with van der Waals surface area (Å²) in [5.74, 6) is -0.138. The lowest BCUT2D eigenvalue weighted by Crippen LogP contribution is -2.38. The lowest BCUT2D eigenvalue weighted by Gasteiger charge is -2.38. The maximum atomic E-state index is 11.6. The van der Waals surface area contributed by atoms with Crippen LogP contribution in [0.2, 0.25) is 0 Å². The Balaban J connectivity index is 0.000000785. The normalized spacial score (nSPS) is 19.7. The van der Waals surface area contributed by atoms with E-state index in [0.717, 1.165) is 12.8 Å². The molecule has 0 aliphatic heterocycles. The number of fused-ring (bicyclic) bond motifs is 2. The SMILES string of the molecule is C=C(C)C(=O)OC1CC2CCC1(C)C2(C)C.C=C(C)C(=O)OCCCCCCCCCCCCCCCCCC.C=CCOC(=O)C(=C)C. The summed E-state index contributed by atoms with van der Waals surface area (Å²) in [7, 11) is 0. The van der Waals surface area contributed by atoms with Crippen LogP contribution >= 0.6 is 0 Å². The van der Waals surface area contributed by atoms with Gasteiger partial charge in [-0.1, -0.05) is 156 Å². The van der Waals surface area contributed by atoms with Gasteiger partial charge in [0, 0.05) is 22.1 Å². The molecule has 0 heterocycles. The fourth-order valence-corrected chi connectivity index (χ4v) is 6.73. The molecule has 0 amide bonds. The van der Waals surface area contributed by atoms with Crippen LogP contribution in [0, 0.1) is 16.7 Å². The number of carbonyl (C=O) groups is 3. The Kier molecular flexibility index (Phi) is 24.8. The molecule has 0 aromatic carbocycles. The van der Waals surface area contributed by atoms with Gasteiger partial charge in [-0.2, -0.15) is 0 Å². The van der Waals surface area contributed by atoms with Crippen LogP contribution in [-0.4, -0.2) is 37.2 Å². The molecule has 2 aliphatic rings. The zero-order valence-electron chi connectivity index (χ0n) is 32.9. The van der Waals surface area contributed by atoms with Crippen LogP contribution in [0.25, 0.3) is 0 Å². The van der Waals surface area contributed by atoms with Gasteiger partial charge in [-0.05, 0) is 57.8 Å². The molecule has 6 heteroatoms. The van der Waals surface area contributed by atoms with Gasteiger partial charge in [0.25, 0.3) is 0 Å². The molecular weight excluding hydrogens is 612 g/mol. The Morgan fingerprint density at radius 3 is 1.41 bits per heavy atom. The van der Waals surface area contributed by atoms with E-state index in [9.17, 15) is 14.4 Å². The lowest BCUT2D eigenvalue weighted by atomic mass is 9.70. The van der Waals surface area contributed by atoms with E-state index in [1.54, 1.807) is 20.8 Å². The maximum Gasteiger partial charge on any atom is 0.333 e. The first-order chi connectivity index (χ1) is 23.1. The highest BCUT2D eigenvalue weighted by Crippen LogP contribution is 2.66. The third-order valence-corrected chi connectivity index (χ3v) is 10.6. The van der Waals surface area contributed by atoms with Crippen molar-refractivity contribution in [2.75, 3.05) is 13.2 Å². The second-order valence-corrected chi connectivity index (χ2v) is 15.2. The second-order valence-electron chi connectivity index (χ2n) is 15.2. The molecule has 2 bridgehead atoms. The van der Waals surface area contributed by atoms with Crippen molar-refractivity contribution in [3.63, 3.8) is 0 Å². The summed E-state index contributed by atoms with van der Waals surface area (Å²) in [5, 5.41) is 0. The van der Waals surface area contributed by atoms with Crippen LogP contribution in [-0.2, 0) is 28.6 Å². The minimum atomic E-state index is -0.366. The molecule has 0 aromatic heterocycles. The number of ether oxygens (including phenoxy) is 3. The maximum absolute atomic E-state index is 11.6. The quantitative estimate of drug-likeness (QED) is 0.0350. The minimum absolute atomic E-state index is 0.0884. The number of unbranched alkanes of at least 4 members (excludes halogenated alkanes) is 15. The zero-order chi connectivity index (χ0) is 37.3. The van der Waals surface area contributed by atoms with Gasteiger partial charge < -0.3 is 14.2 Å². The summed E-state index contributed by atoms with van der Waals surface area (Å²) in [6, 6.07) is 0. The summed E-state index contributed by atoms with van der Waals surface area (Å²) in [4.78, 5) is 33.3. The molecular formula is C43H74O6. The second kappa shape index (κ2) is 26.2. The van der Waals surface area contributed by atoms with E-state index < -0.39 is 0 Å². The molecule has 3 atom stereocenters. The number of rotatable bonds is 23. The average Bonchev–Trinajstić information content (AvgIpc) is 3.39. The molecule has 6 nitrogen and oxygen atoms in total. The largest absolute Gasteiger partial charge is 0.462 e. The van der Waals surface area contributed by atoms with E-state index in [4.69, 9.17) is 9.47 Å². The summed E-state index contributed by atoms with van der Waals surface area (Å²) >= 11 is 0. The van der Waals surface area contributed by atoms with Crippen molar-refractivity contribution < 1.29 is 28.6 Å². The summed E-state index contributed by atoms with van der Waals surface area (Å²) in [6.07, 6.45) is 26.8. The van der Waals surface area contributed by atoms with Crippen LogP contribution in [0.5, 0.6) is 0 Å². The average molecular weight is 687 g/mol. The predicted octanol–water partition coefficient (Wildman–Crippen LogP) is 12.0. The van der Waals surface area contributed by atoms with Crippen molar-refractivity contribution in [2.24, 2.45) is 16.7 Å². The molecule has 2 saturated carbocycles. The Hall–Kier alpha value is -2.63. The van der Waals surface area contributed by atoms with Gasteiger partial charge in [-0.15, -0.1) is 0 Å². The fraction of sp³-hybridized carbons (Fsp3) is 0.744. The smallest absolute Gasteiger partial charge is 0.333 e. The van der Waals surface area contributed by atoms with E-state index >= 15 is 0 Å². The molecule has 0 radical (unpaired) electrons. The van der Waals surface area contributed by atoms with E-state index in [1.807, 2.05) is 0 Å². The first-order valence-electron chi connectivity index (χ1n) is 19.3. The van der Waals surface area contributed by atoms with E-state index in [-0.39, 0.29) is 36.0 Å². The molecule has 49 heavy (non-hydrogen) atoms. The van der Waals surface area contributed by atoms with Crippen LogP contribution < -0.4 is 0 Å². The van der Waals surface area contributed by atoms with Gasteiger partial charge in [-0.3, -0.25) is 0 Å². The van der Waals surface area contributed by atoms with Crippen molar-refractivity contribution in [3.8, 4) is 0 Å². The summed E-state index contributed by atoms with van der Waals surface area (Å²) in [5.41, 5.74) is 1.86. The molecule has 0 aromatic rings. The summed E-state index contributed by atoms with van der Waals surface area (Å²) < 4.78 is 15.3. The fourth-order valence-electron chi connectivity index (χ4n) is 6.73. The Bertz CT molecular complexity index is 1020. The minimum Gasteiger partial charge on any atom is -0.462 e. The number of esters is 3. The molecule has 2 rings (SSSR count). The first kappa shape index (κ1) is 46.4. The van der Waals surface area contributed by atoms with E-state index in [0.29, 0.717) is 34.7 Å². The van der Waals surface area contributed by atoms with Gasteiger partial charge in [0.05, 0.1) is 6.61 Å². The van der Waals surface area contributed by atoms with Crippen LogP contribution in [0.3, 0.4) is 0 Å². The monoisotopic (exact) mass is 687 g/mol. The van der Waals surface area contributed by atoms with Crippen LogP contribution in [0.1, 0.15) is 170 Å². The van der Waals surface area contributed by atoms with Crippen molar-refractivity contribution >= 4 is 17.9 Å². The van der Waals surface area contributed by atoms with Crippen molar-refractivity contribution in [3.05, 3.63) is 49.1 Å². The Morgan fingerprint density at radius 1 is 0.653 bits per heavy atom. The zero-order valence-corrected chi connectivity index (χ0v) is 32.9. The highest BCUT2D eigenvalue weighted by atomic mass is 16.5. The van der Waals surface area contributed by atoms with E-state index in [2.05, 4.69) is 58.7 Å².